The highest BCUT2D eigenvalue weighted by Gasteiger charge is 2.26. The molecule has 4 aromatic rings. The summed E-state index contributed by atoms with van der Waals surface area (Å²) >= 11 is 0. The van der Waals surface area contributed by atoms with Crippen LogP contribution < -0.4 is 5.32 Å². The Kier molecular flexibility index (Phi) is 6.07. The molecule has 1 aliphatic heterocycles. The third-order valence-corrected chi connectivity index (χ3v) is 7.18. The number of aromatic nitrogens is 4. The summed E-state index contributed by atoms with van der Waals surface area (Å²) in [6, 6.07) is 14.4. The van der Waals surface area contributed by atoms with Crippen LogP contribution in [0, 0.1) is 18.8 Å². The number of nitrogens with zero attached hydrogens (tertiary/aromatic N) is 3. The molecular weight excluding hydrogens is 450 g/mol. The number of aromatic amines is 1. The molecule has 7 nitrogen and oxygen atoms in total. The Balaban J connectivity index is 1.22. The number of carbonyl (C=O) groups excluding carboxylic acids is 1. The number of imidazole rings is 1. The highest BCUT2D eigenvalue weighted by Crippen LogP contribution is 2.34. The first kappa shape index (κ1) is 22.6. The molecule has 36 heavy (non-hydrogen) atoms. The number of aryl methyl sites for hydroxylation is 1. The molecule has 4 heterocycles. The number of ether oxygens (including phenoxy) is 1. The number of allylic oxidation sites excluding steroid dienone is 2. The van der Waals surface area contributed by atoms with E-state index >= 15 is 0 Å². The molecule has 1 aliphatic carbocycles. The molecule has 0 bridgehead atoms. The highest BCUT2D eigenvalue weighted by molar-refractivity contribution is 5.89. The summed E-state index contributed by atoms with van der Waals surface area (Å²) in [5.41, 5.74) is 7.92. The molecule has 7 heteroatoms. The Morgan fingerprint density at radius 3 is 2.78 bits per heavy atom. The van der Waals surface area contributed by atoms with Crippen molar-refractivity contribution in [3.63, 3.8) is 0 Å². The zero-order valence-electron chi connectivity index (χ0n) is 20.3. The van der Waals surface area contributed by atoms with Crippen LogP contribution in [0.1, 0.15) is 30.5 Å². The van der Waals surface area contributed by atoms with E-state index in [4.69, 9.17) is 9.72 Å². The fourth-order valence-corrected chi connectivity index (χ4v) is 4.94. The van der Waals surface area contributed by atoms with Gasteiger partial charge in [-0.25, -0.2) is 4.98 Å². The summed E-state index contributed by atoms with van der Waals surface area (Å²) in [6.07, 6.45) is 8.21. The van der Waals surface area contributed by atoms with Gasteiger partial charge >= 0.3 is 5.97 Å². The quantitative estimate of drug-likeness (QED) is 0.381. The van der Waals surface area contributed by atoms with Gasteiger partial charge < -0.3 is 15.0 Å². The molecule has 0 amide bonds. The van der Waals surface area contributed by atoms with Gasteiger partial charge in [-0.15, -0.1) is 0 Å². The number of H-pyrrole nitrogens is 1. The summed E-state index contributed by atoms with van der Waals surface area (Å²) in [5, 5.41) is 4.27. The fraction of sp³-hybridized carbons (Fsp3) is 0.310. The summed E-state index contributed by atoms with van der Waals surface area (Å²) < 4.78 is 5.55. The van der Waals surface area contributed by atoms with E-state index < -0.39 is 0 Å². The van der Waals surface area contributed by atoms with Gasteiger partial charge in [-0.3, -0.25) is 14.8 Å². The SMILES string of the molecule is Cc1cccc(-c2[nH]cnc2-c2ccc3ncc(C4=CCC(C(=O)OCC5CNC5)CC4)cc3c2)n1. The highest BCUT2D eigenvalue weighted by atomic mass is 16.5. The monoisotopic (exact) mass is 479 g/mol. The van der Waals surface area contributed by atoms with Gasteiger partial charge in [-0.2, -0.15) is 0 Å². The molecule has 1 atom stereocenters. The zero-order valence-corrected chi connectivity index (χ0v) is 20.3. The van der Waals surface area contributed by atoms with Gasteiger partial charge in [-0.05, 0) is 67.7 Å². The van der Waals surface area contributed by atoms with Crippen LogP contribution in [0.5, 0.6) is 0 Å². The Bertz CT molecular complexity index is 1450. The van der Waals surface area contributed by atoms with Gasteiger partial charge in [0.1, 0.15) is 0 Å². The maximum absolute atomic E-state index is 12.5. The van der Waals surface area contributed by atoms with Gasteiger partial charge in [0, 0.05) is 41.8 Å². The molecule has 2 aliphatic rings. The molecule has 182 valence electrons. The number of fused-ring (bicyclic) bond motifs is 1. The van der Waals surface area contributed by atoms with Gasteiger partial charge in [0.15, 0.2) is 0 Å². The number of rotatable bonds is 6. The minimum Gasteiger partial charge on any atom is -0.465 e. The second-order valence-electron chi connectivity index (χ2n) is 9.78. The van der Waals surface area contributed by atoms with E-state index in [9.17, 15) is 4.79 Å². The molecule has 2 N–H and O–H groups in total. The van der Waals surface area contributed by atoms with E-state index in [0.717, 1.165) is 77.2 Å². The van der Waals surface area contributed by atoms with Crippen molar-refractivity contribution >= 4 is 22.4 Å². The van der Waals surface area contributed by atoms with Crippen molar-refractivity contribution in [2.75, 3.05) is 19.7 Å². The van der Waals surface area contributed by atoms with Crippen molar-refractivity contribution in [2.45, 2.75) is 26.2 Å². The minimum absolute atomic E-state index is 0.0462. The van der Waals surface area contributed by atoms with E-state index in [0.29, 0.717) is 12.5 Å². The molecule has 0 radical (unpaired) electrons. The number of benzene rings is 1. The van der Waals surface area contributed by atoms with Crippen molar-refractivity contribution in [1.82, 2.24) is 25.3 Å². The van der Waals surface area contributed by atoms with Crippen molar-refractivity contribution < 1.29 is 9.53 Å². The second kappa shape index (κ2) is 9.66. The number of nitrogens with one attached hydrogen (secondary N) is 2. The van der Waals surface area contributed by atoms with E-state index in [-0.39, 0.29) is 11.9 Å². The third kappa shape index (κ3) is 4.54. The van der Waals surface area contributed by atoms with E-state index in [1.54, 1.807) is 6.33 Å². The minimum atomic E-state index is -0.0589. The summed E-state index contributed by atoms with van der Waals surface area (Å²) in [6.45, 7) is 4.42. The van der Waals surface area contributed by atoms with Crippen LogP contribution in [0.2, 0.25) is 0 Å². The lowest BCUT2D eigenvalue weighted by Gasteiger charge is -2.27. The van der Waals surface area contributed by atoms with Crippen LogP contribution in [0.4, 0.5) is 0 Å². The first-order valence-corrected chi connectivity index (χ1v) is 12.6. The maximum atomic E-state index is 12.5. The van der Waals surface area contributed by atoms with E-state index in [1.165, 1.54) is 5.57 Å². The second-order valence-corrected chi connectivity index (χ2v) is 9.78. The largest absolute Gasteiger partial charge is 0.465 e. The predicted octanol–water partition coefficient (Wildman–Crippen LogP) is 4.94. The molecule has 0 spiro atoms. The Labute approximate surface area is 210 Å². The molecule has 3 aromatic heterocycles. The zero-order chi connectivity index (χ0) is 24.5. The summed E-state index contributed by atoms with van der Waals surface area (Å²) in [7, 11) is 0. The lowest BCUT2D eigenvalue weighted by molar-refractivity contribution is -0.150. The summed E-state index contributed by atoms with van der Waals surface area (Å²) in [5.74, 6) is 0.370. The van der Waals surface area contributed by atoms with Gasteiger partial charge in [-0.1, -0.05) is 18.2 Å². The lowest BCUT2D eigenvalue weighted by atomic mass is 9.86. The van der Waals surface area contributed by atoms with Crippen molar-refractivity contribution in [2.24, 2.45) is 11.8 Å². The van der Waals surface area contributed by atoms with Crippen LogP contribution in [0.25, 0.3) is 39.1 Å². The Morgan fingerprint density at radius 2 is 2.00 bits per heavy atom. The van der Waals surface area contributed by atoms with Gasteiger partial charge in [0.2, 0.25) is 0 Å². The van der Waals surface area contributed by atoms with Crippen LogP contribution in [0.15, 0.2) is 61.1 Å². The number of pyridine rings is 2. The van der Waals surface area contributed by atoms with Crippen LogP contribution >= 0.6 is 0 Å². The van der Waals surface area contributed by atoms with Crippen LogP contribution in [-0.4, -0.2) is 45.6 Å². The average Bonchev–Trinajstić information content (AvgIpc) is 3.37. The van der Waals surface area contributed by atoms with Crippen molar-refractivity contribution in [3.05, 3.63) is 72.3 Å². The standard InChI is InChI=1S/C29H29N5O2/c1-18-3-2-4-26(34-18)28-27(32-17-33-28)22-9-10-25-23(11-22)12-24(15-31-25)20-5-7-21(8-6-20)29(35)36-16-19-13-30-14-19/h2-5,9-12,15,17,19,21,30H,6-8,13-14,16H2,1H3,(H,32,33). The van der Waals surface area contributed by atoms with Crippen molar-refractivity contribution in [1.29, 1.82) is 0 Å². The van der Waals surface area contributed by atoms with E-state index in [2.05, 4.69) is 44.5 Å². The first-order valence-electron chi connectivity index (χ1n) is 12.6. The normalized spacial score (nSPS) is 18.0. The Morgan fingerprint density at radius 1 is 1.11 bits per heavy atom. The lowest BCUT2D eigenvalue weighted by Crippen LogP contribution is -2.45. The maximum Gasteiger partial charge on any atom is 0.309 e. The van der Waals surface area contributed by atoms with E-state index in [1.807, 2.05) is 37.4 Å². The summed E-state index contributed by atoms with van der Waals surface area (Å²) in [4.78, 5) is 29.7. The molecule has 1 saturated heterocycles. The fourth-order valence-electron chi connectivity index (χ4n) is 4.94. The molecule has 1 fully saturated rings. The molecule has 6 rings (SSSR count). The van der Waals surface area contributed by atoms with Crippen LogP contribution in [-0.2, 0) is 9.53 Å². The number of hydrogen-bond donors (Lipinski definition) is 2. The Hall–Kier alpha value is -3.84. The smallest absolute Gasteiger partial charge is 0.309 e. The van der Waals surface area contributed by atoms with Gasteiger partial charge in [0.25, 0.3) is 0 Å². The number of esters is 1. The average molecular weight is 480 g/mol. The molecule has 0 saturated carbocycles. The third-order valence-electron chi connectivity index (χ3n) is 7.18. The van der Waals surface area contributed by atoms with Crippen LogP contribution in [0.3, 0.4) is 0 Å². The van der Waals surface area contributed by atoms with Gasteiger partial charge in [0.05, 0.1) is 41.5 Å². The molecule has 1 aromatic carbocycles. The predicted molar refractivity (Wildman–Crippen MR) is 140 cm³/mol. The number of hydrogen-bond acceptors (Lipinski definition) is 6. The van der Waals surface area contributed by atoms with Crippen molar-refractivity contribution in [3.8, 4) is 22.6 Å². The first-order chi connectivity index (χ1) is 17.6. The molecule has 1 unspecified atom stereocenters. The molecular formula is C29H29N5O2. The topological polar surface area (TPSA) is 92.8 Å². The number of carbonyl (C=O) groups is 1.